The highest BCUT2D eigenvalue weighted by Crippen LogP contribution is 2.37. The Bertz CT molecular complexity index is 389. The predicted molar refractivity (Wildman–Crippen MR) is 73.6 cm³/mol. The number of rotatable bonds is 3. The van der Waals surface area contributed by atoms with E-state index in [9.17, 15) is 0 Å². The highest BCUT2D eigenvalue weighted by molar-refractivity contribution is 5.24. The van der Waals surface area contributed by atoms with Gasteiger partial charge in [0.15, 0.2) is 0 Å². The molecule has 102 valence electrons. The van der Waals surface area contributed by atoms with Crippen molar-refractivity contribution in [3.8, 4) is 0 Å². The SMILES string of the molecule is Cc1noc(C)c1C(C)NC1CCCCC1(C)C. The van der Waals surface area contributed by atoms with Crippen LogP contribution < -0.4 is 5.32 Å². The Balaban J connectivity index is 2.09. The van der Waals surface area contributed by atoms with Crippen molar-refractivity contribution < 1.29 is 4.52 Å². The Kier molecular flexibility index (Phi) is 3.81. The van der Waals surface area contributed by atoms with Gasteiger partial charge in [0.25, 0.3) is 0 Å². The maximum atomic E-state index is 5.27. The van der Waals surface area contributed by atoms with Gasteiger partial charge in [-0.1, -0.05) is 31.8 Å². The van der Waals surface area contributed by atoms with E-state index < -0.39 is 0 Å². The second kappa shape index (κ2) is 5.04. The van der Waals surface area contributed by atoms with Crippen LogP contribution in [0, 0.1) is 19.3 Å². The third-order valence-corrected chi connectivity index (χ3v) is 4.48. The van der Waals surface area contributed by atoms with Crippen molar-refractivity contribution in [2.75, 3.05) is 0 Å². The Morgan fingerprint density at radius 2 is 2.06 bits per heavy atom. The van der Waals surface area contributed by atoms with E-state index in [-0.39, 0.29) is 0 Å². The number of aryl methyl sites for hydroxylation is 2. The van der Waals surface area contributed by atoms with E-state index in [1.807, 2.05) is 13.8 Å². The number of aromatic nitrogens is 1. The Labute approximate surface area is 110 Å². The summed E-state index contributed by atoms with van der Waals surface area (Å²) in [5.41, 5.74) is 2.64. The highest BCUT2D eigenvalue weighted by Gasteiger charge is 2.33. The van der Waals surface area contributed by atoms with Gasteiger partial charge >= 0.3 is 0 Å². The first-order chi connectivity index (χ1) is 8.42. The molecule has 1 aliphatic carbocycles. The average molecular weight is 250 g/mol. The Hall–Kier alpha value is -0.830. The van der Waals surface area contributed by atoms with E-state index in [2.05, 4.69) is 31.2 Å². The number of nitrogens with zero attached hydrogens (tertiary/aromatic N) is 1. The lowest BCUT2D eigenvalue weighted by Crippen LogP contribution is -2.45. The minimum absolute atomic E-state index is 0.318. The fourth-order valence-corrected chi connectivity index (χ4v) is 3.30. The summed E-state index contributed by atoms with van der Waals surface area (Å²) in [5.74, 6) is 0.945. The molecule has 0 saturated heterocycles. The molecular weight excluding hydrogens is 224 g/mol. The first-order valence-corrected chi connectivity index (χ1v) is 7.10. The summed E-state index contributed by atoms with van der Waals surface area (Å²) in [5, 5.41) is 7.84. The summed E-state index contributed by atoms with van der Waals surface area (Å²) < 4.78 is 5.27. The topological polar surface area (TPSA) is 38.1 Å². The smallest absolute Gasteiger partial charge is 0.138 e. The van der Waals surface area contributed by atoms with Gasteiger partial charge in [-0.15, -0.1) is 0 Å². The van der Waals surface area contributed by atoms with Gasteiger partial charge in [0.1, 0.15) is 5.76 Å². The van der Waals surface area contributed by atoms with Crippen molar-refractivity contribution in [2.24, 2.45) is 5.41 Å². The second-order valence-electron chi connectivity index (χ2n) is 6.41. The molecule has 0 bridgehead atoms. The minimum Gasteiger partial charge on any atom is -0.361 e. The quantitative estimate of drug-likeness (QED) is 0.883. The third kappa shape index (κ3) is 2.61. The van der Waals surface area contributed by atoms with Crippen LogP contribution >= 0.6 is 0 Å². The van der Waals surface area contributed by atoms with Crippen LogP contribution in [-0.4, -0.2) is 11.2 Å². The van der Waals surface area contributed by atoms with Crippen molar-refractivity contribution in [1.29, 1.82) is 0 Å². The van der Waals surface area contributed by atoms with Crippen LogP contribution in [0.4, 0.5) is 0 Å². The van der Waals surface area contributed by atoms with E-state index in [1.165, 1.54) is 31.2 Å². The monoisotopic (exact) mass is 250 g/mol. The van der Waals surface area contributed by atoms with E-state index in [1.54, 1.807) is 0 Å². The first kappa shape index (κ1) is 13.6. The van der Waals surface area contributed by atoms with Crippen LogP contribution in [0.25, 0.3) is 0 Å². The molecule has 1 heterocycles. The summed E-state index contributed by atoms with van der Waals surface area (Å²) in [6.45, 7) is 11.0. The largest absolute Gasteiger partial charge is 0.361 e. The van der Waals surface area contributed by atoms with Crippen LogP contribution in [0.2, 0.25) is 0 Å². The number of nitrogens with one attached hydrogen (secondary N) is 1. The van der Waals surface area contributed by atoms with Gasteiger partial charge in [-0.3, -0.25) is 0 Å². The molecule has 0 spiro atoms. The zero-order chi connectivity index (χ0) is 13.3. The lowest BCUT2D eigenvalue weighted by Gasteiger charge is -2.40. The summed E-state index contributed by atoms with van der Waals surface area (Å²) >= 11 is 0. The van der Waals surface area contributed by atoms with Crippen molar-refractivity contribution in [3.05, 3.63) is 17.0 Å². The molecule has 1 aromatic heterocycles. The van der Waals surface area contributed by atoms with Gasteiger partial charge in [-0.2, -0.15) is 0 Å². The van der Waals surface area contributed by atoms with Gasteiger partial charge in [0.2, 0.25) is 0 Å². The molecule has 1 fully saturated rings. The van der Waals surface area contributed by atoms with E-state index in [0.29, 0.717) is 17.5 Å². The van der Waals surface area contributed by atoms with E-state index in [4.69, 9.17) is 4.52 Å². The van der Waals surface area contributed by atoms with Gasteiger partial charge < -0.3 is 9.84 Å². The molecule has 3 heteroatoms. The lowest BCUT2D eigenvalue weighted by molar-refractivity contribution is 0.157. The molecule has 1 aliphatic rings. The third-order valence-electron chi connectivity index (χ3n) is 4.48. The highest BCUT2D eigenvalue weighted by atomic mass is 16.5. The normalized spacial score (nSPS) is 25.1. The zero-order valence-electron chi connectivity index (χ0n) is 12.3. The summed E-state index contributed by atoms with van der Waals surface area (Å²) in [7, 11) is 0. The molecular formula is C15H26N2O. The molecule has 2 unspecified atom stereocenters. The molecule has 2 rings (SSSR count). The molecule has 1 aromatic rings. The van der Waals surface area contributed by atoms with E-state index in [0.717, 1.165) is 11.5 Å². The van der Waals surface area contributed by atoms with Crippen molar-refractivity contribution in [3.63, 3.8) is 0 Å². The predicted octanol–water partition coefficient (Wildman–Crippen LogP) is 3.91. The van der Waals surface area contributed by atoms with Crippen LogP contribution in [0.1, 0.15) is 69.5 Å². The molecule has 0 amide bonds. The summed E-state index contributed by atoms with van der Waals surface area (Å²) in [6, 6.07) is 0.911. The fourth-order valence-electron chi connectivity index (χ4n) is 3.30. The second-order valence-corrected chi connectivity index (χ2v) is 6.41. The van der Waals surface area contributed by atoms with Crippen LogP contribution in [-0.2, 0) is 0 Å². The van der Waals surface area contributed by atoms with Gasteiger partial charge in [0, 0.05) is 17.6 Å². The van der Waals surface area contributed by atoms with Gasteiger partial charge in [-0.25, -0.2) is 0 Å². The van der Waals surface area contributed by atoms with E-state index >= 15 is 0 Å². The van der Waals surface area contributed by atoms with Crippen molar-refractivity contribution in [1.82, 2.24) is 10.5 Å². The van der Waals surface area contributed by atoms with Crippen molar-refractivity contribution in [2.45, 2.75) is 72.4 Å². The molecule has 0 radical (unpaired) electrons. The minimum atomic E-state index is 0.318. The molecule has 0 aromatic carbocycles. The molecule has 18 heavy (non-hydrogen) atoms. The Morgan fingerprint density at radius 1 is 1.33 bits per heavy atom. The average Bonchev–Trinajstić information content (AvgIpc) is 2.61. The molecule has 0 aliphatic heterocycles. The first-order valence-electron chi connectivity index (χ1n) is 7.10. The maximum absolute atomic E-state index is 5.27. The van der Waals surface area contributed by atoms with Gasteiger partial charge in [0.05, 0.1) is 5.69 Å². The molecule has 1 N–H and O–H groups in total. The number of hydrogen-bond acceptors (Lipinski definition) is 3. The molecule has 1 saturated carbocycles. The molecule has 3 nitrogen and oxygen atoms in total. The van der Waals surface area contributed by atoms with Crippen LogP contribution in [0.15, 0.2) is 4.52 Å². The number of hydrogen-bond donors (Lipinski definition) is 1. The van der Waals surface area contributed by atoms with Crippen molar-refractivity contribution >= 4 is 0 Å². The summed E-state index contributed by atoms with van der Waals surface area (Å²) in [6.07, 6.45) is 5.31. The standard InChI is InChI=1S/C15H26N2O/c1-10(14-11(2)17-18-12(14)3)16-13-8-6-7-9-15(13,4)5/h10,13,16H,6-9H2,1-5H3. The van der Waals surface area contributed by atoms with Crippen LogP contribution in [0.5, 0.6) is 0 Å². The zero-order valence-corrected chi connectivity index (χ0v) is 12.3. The van der Waals surface area contributed by atoms with Gasteiger partial charge in [-0.05, 0) is 39.0 Å². The fraction of sp³-hybridized carbons (Fsp3) is 0.800. The Morgan fingerprint density at radius 3 is 2.61 bits per heavy atom. The summed E-state index contributed by atoms with van der Waals surface area (Å²) in [4.78, 5) is 0. The molecule has 2 atom stereocenters. The lowest BCUT2D eigenvalue weighted by atomic mass is 9.73. The van der Waals surface area contributed by atoms with Crippen LogP contribution in [0.3, 0.4) is 0 Å². The maximum Gasteiger partial charge on any atom is 0.138 e.